The number of hydrogen-bond donors (Lipinski definition) is 2. The second-order valence-electron chi connectivity index (χ2n) is 3.01. The summed E-state index contributed by atoms with van der Waals surface area (Å²) in [5.74, 6) is 0. The lowest BCUT2D eigenvalue weighted by molar-refractivity contribution is 0.426. The first-order chi connectivity index (χ1) is 7.16. The van der Waals surface area contributed by atoms with Crippen LogP contribution in [0.15, 0.2) is 34.4 Å². The molecule has 2 N–H and O–H groups in total. The summed E-state index contributed by atoms with van der Waals surface area (Å²) in [5.41, 5.74) is 3.13. The van der Waals surface area contributed by atoms with Crippen molar-refractivity contribution < 1.29 is 10.0 Å². The molecule has 0 saturated heterocycles. The number of aromatic nitrogens is 1. The number of hydrogen-bond acceptors (Lipinski definition) is 4. The van der Waals surface area contributed by atoms with E-state index in [1.165, 1.54) is 11.3 Å². The highest BCUT2D eigenvalue weighted by Crippen LogP contribution is 2.25. The molecule has 76 valence electrons. The van der Waals surface area contributed by atoms with Crippen LogP contribution in [0, 0.1) is 0 Å². The molecule has 0 amide bonds. The Hall–Kier alpha value is -0.685. The van der Waals surface area contributed by atoms with Gasteiger partial charge >= 0.3 is 7.12 Å². The fourth-order valence-electron chi connectivity index (χ4n) is 1.26. The van der Waals surface area contributed by atoms with Crippen LogP contribution in [0.5, 0.6) is 0 Å². The van der Waals surface area contributed by atoms with Gasteiger partial charge in [-0.1, -0.05) is 22.0 Å². The number of nitrogens with zero attached hydrogens (tertiary/aromatic N) is 1. The van der Waals surface area contributed by atoms with Gasteiger partial charge < -0.3 is 10.0 Å². The van der Waals surface area contributed by atoms with Crippen molar-refractivity contribution in [3.63, 3.8) is 0 Å². The van der Waals surface area contributed by atoms with Crippen LogP contribution in [-0.4, -0.2) is 22.2 Å². The smallest absolute Gasteiger partial charge is 0.423 e. The molecule has 0 bridgehead atoms. The Bertz CT molecular complexity index is 461. The molecule has 0 atom stereocenters. The van der Waals surface area contributed by atoms with Gasteiger partial charge in [-0.2, -0.15) is 0 Å². The minimum atomic E-state index is -1.45. The van der Waals surface area contributed by atoms with Crippen molar-refractivity contribution in [2.45, 2.75) is 0 Å². The van der Waals surface area contributed by atoms with E-state index in [1.807, 2.05) is 6.07 Å². The van der Waals surface area contributed by atoms with Gasteiger partial charge in [0, 0.05) is 10.7 Å². The zero-order chi connectivity index (χ0) is 10.8. The van der Waals surface area contributed by atoms with Crippen molar-refractivity contribution in [2.24, 2.45) is 0 Å². The van der Waals surface area contributed by atoms with Crippen molar-refractivity contribution in [3.05, 3.63) is 34.4 Å². The first kappa shape index (κ1) is 10.8. The Morgan fingerprint density at radius 3 is 2.67 bits per heavy atom. The number of benzene rings is 1. The third-order valence-corrected chi connectivity index (χ3v) is 3.22. The van der Waals surface area contributed by atoms with E-state index in [-0.39, 0.29) is 0 Å². The second-order valence-corrected chi connectivity index (χ2v) is 4.81. The van der Waals surface area contributed by atoms with E-state index in [2.05, 4.69) is 20.9 Å². The van der Waals surface area contributed by atoms with E-state index < -0.39 is 7.12 Å². The van der Waals surface area contributed by atoms with E-state index in [0.29, 0.717) is 5.46 Å². The van der Waals surface area contributed by atoms with Gasteiger partial charge in [-0.05, 0) is 23.2 Å². The first-order valence-corrected chi connectivity index (χ1v) is 5.89. The summed E-state index contributed by atoms with van der Waals surface area (Å²) in [6.07, 6.45) is 1.75. The molecule has 0 radical (unpaired) electrons. The van der Waals surface area contributed by atoms with Crippen LogP contribution >= 0.6 is 27.3 Å². The van der Waals surface area contributed by atoms with Gasteiger partial charge in [-0.15, -0.1) is 11.3 Å². The summed E-state index contributed by atoms with van der Waals surface area (Å²) in [4.78, 5) is 4.98. The van der Waals surface area contributed by atoms with E-state index in [9.17, 15) is 0 Å². The predicted molar refractivity (Wildman–Crippen MR) is 65.1 cm³/mol. The van der Waals surface area contributed by atoms with E-state index >= 15 is 0 Å². The van der Waals surface area contributed by atoms with Crippen molar-refractivity contribution in [2.75, 3.05) is 0 Å². The highest BCUT2D eigenvalue weighted by molar-refractivity contribution is 9.10. The Kier molecular flexibility index (Phi) is 3.21. The molecule has 0 spiro atoms. The molecule has 3 nitrogen and oxygen atoms in total. The quantitative estimate of drug-likeness (QED) is 0.816. The lowest BCUT2D eigenvalue weighted by atomic mass is 9.79. The van der Waals surface area contributed by atoms with Crippen LogP contribution in [0.1, 0.15) is 0 Å². The molecule has 2 rings (SSSR count). The minimum absolute atomic E-state index is 0.466. The lowest BCUT2D eigenvalue weighted by Crippen LogP contribution is -2.29. The van der Waals surface area contributed by atoms with Gasteiger partial charge in [0.25, 0.3) is 0 Å². The zero-order valence-corrected chi connectivity index (χ0v) is 9.99. The highest BCUT2D eigenvalue weighted by atomic mass is 79.9. The summed E-state index contributed by atoms with van der Waals surface area (Å²) in [6, 6.07) is 5.33. The summed E-state index contributed by atoms with van der Waals surface area (Å²) < 4.78 is 0.816. The Balaban J connectivity index is 2.49. The number of halogens is 1. The summed E-state index contributed by atoms with van der Waals surface area (Å²) >= 11 is 4.84. The van der Waals surface area contributed by atoms with Gasteiger partial charge in [0.15, 0.2) is 0 Å². The van der Waals surface area contributed by atoms with E-state index in [1.54, 1.807) is 23.8 Å². The van der Waals surface area contributed by atoms with Gasteiger partial charge in [0.1, 0.15) is 0 Å². The lowest BCUT2D eigenvalue weighted by Gasteiger charge is -2.04. The van der Waals surface area contributed by atoms with Gasteiger partial charge in [0.05, 0.1) is 10.4 Å². The fraction of sp³-hybridized carbons (Fsp3) is 0. The summed E-state index contributed by atoms with van der Waals surface area (Å²) in [5, 5.41) is 18.2. The normalized spacial score (nSPS) is 10.3. The molecular formula is C9H7BBrNO2S. The maximum atomic E-state index is 9.09. The molecule has 0 aliphatic heterocycles. The van der Waals surface area contributed by atoms with Crippen molar-refractivity contribution in [1.29, 1.82) is 0 Å². The molecule has 0 saturated carbocycles. The SMILES string of the molecule is OB(O)c1cc(Br)cc(-c2cncs2)c1. The molecule has 1 heterocycles. The molecule has 0 fully saturated rings. The third kappa shape index (κ3) is 2.46. The van der Waals surface area contributed by atoms with Crippen LogP contribution in [-0.2, 0) is 0 Å². The standard InChI is InChI=1S/C9H7BBrNO2S/c11-8-2-6(9-4-12-5-15-9)1-7(3-8)10(13)14/h1-5,13-14H. The van der Waals surface area contributed by atoms with Crippen molar-refractivity contribution in [3.8, 4) is 10.4 Å². The highest BCUT2D eigenvalue weighted by Gasteiger charge is 2.13. The molecular weight excluding hydrogens is 277 g/mol. The van der Waals surface area contributed by atoms with Crippen molar-refractivity contribution in [1.82, 2.24) is 4.98 Å². The second kappa shape index (κ2) is 4.44. The Morgan fingerprint density at radius 1 is 1.27 bits per heavy atom. The van der Waals surface area contributed by atoms with Crippen LogP contribution in [0.25, 0.3) is 10.4 Å². The molecule has 0 aliphatic rings. The Labute approximate surface area is 99.7 Å². The van der Waals surface area contributed by atoms with Crippen LogP contribution in [0.3, 0.4) is 0 Å². The third-order valence-electron chi connectivity index (χ3n) is 1.94. The Morgan fingerprint density at radius 2 is 2.07 bits per heavy atom. The molecule has 2 aromatic rings. The van der Waals surface area contributed by atoms with Crippen LogP contribution < -0.4 is 5.46 Å². The molecule has 6 heteroatoms. The molecule has 15 heavy (non-hydrogen) atoms. The number of thiazole rings is 1. The molecule has 0 aliphatic carbocycles. The van der Waals surface area contributed by atoms with Gasteiger partial charge in [-0.25, -0.2) is 0 Å². The maximum Gasteiger partial charge on any atom is 0.488 e. The summed E-state index contributed by atoms with van der Waals surface area (Å²) in [7, 11) is -1.45. The summed E-state index contributed by atoms with van der Waals surface area (Å²) in [6.45, 7) is 0. The topological polar surface area (TPSA) is 53.4 Å². The number of rotatable bonds is 2. The van der Waals surface area contributed by atoms with Gasteiger partial charge in [-0.3, -0.25) is 4.98 Å². The minimum Gasteiger partial charge on any atom is -0.423 e. The van der Waals surface area contributed by atoms with Crippen LogP contribution in [0.2, 0.25) is 0 Å². The molecule has 0 unspecified atom stereocenters. The maximum absolute atomic E-state index is 9.09. The largest absolute Gasteiger partial charge is 0.488 e. The van der Waals surface area contributed by atoms with Crippen LogP contribution in [0.4, 0.5) is 0 Å². The molecule has 1 aromatic carbocycles. The molecule has 1 aromatic heterocycles. The first-order valence-electron chi connectivity index (χ1n) is 4.22. The average Bonchev–Trinajstić information content (AvgIpc) is 2.69. The van der Waals surface area contributed by atoms with E-state index in [0.717, 1.165) is 14.9 Å². The predicted octanol–water partition coefficient (Wildman–Crippen LogP) is 1.25. The fourth-order valence-corrected chi connectivity index (χ4v) is 2.38. The zero-order valence-electron chi connectivity index (χ0n) is 7.59. The monoisotopic (exact) mass is 283 g/mol. The van der Waals surface area contributed by atoms with Crippen molar-refractivity contribution >= 4 is 39.8 Å². The average molecular weight is 284 g/mol. The van der Waals surface area contributed by atoms with Gasteiger partial charge in [0.2, 0.25) is 0 Å². The van der Waals surface area contributed by atoms with E-state index in [4.69, 9.17) is 10.0 Å².